The normalized spacial score (nSPS) is 12.3. The molecule has 0 aliphatic rings. The molecule has 0 saturated carbocycles. The van der Waals surface area contributed by atoms with Gasteiger partial charge in [0.15, 0.2) is 0 Å². The van der Waals surface area contributed by atoms with E-state index in [1.165, 1.54) is 13.2 Å². The van der Waals surface area contributed by atoms with Crippen molar-refractivity contribution >= 4 is 21.1 Å². The summed E-state index contributed by atoms with van der Waals surface area (Å²) in [7, 11) is -5.82. The summed E-state index contributed by atoms with van der Waals surface area (Å²) in [5.74, 6) is -0.595. The van der Waals surface area contributed by atoms with Crippen LogP contribution in [0.5, 0.6) is 5.75 Å². The van der Waals surface area contributed by atoms with Gasteiger partial charge in [-0.2, -0.15) is 21.6 Å². The fourth-order valence-electron chi connectivity index (χ4n) is 2.46. The number of aryl methyl sites for hydroxylation is 1. The van der Waals surface area contributed by atoms with Gasteiger partial charge in [-0.1, -0.05) is 30.3 Å². The van der Waals surface area contributed by atoms with Crippen molar-refractivity contribution in [2.75, 3.05) is 0 Å². The Kier molecular flexibility index (Phi) is 4.27. The third-order valence-electron chi connectivity index (χ3n) is 3.62. The lowest BCUT2D eigenvalue weighted by Crippen LogP contribution is -2.28. The highest BCUT2D eigenvalue weighted by atomic mass is 32.2. The third kappa shape index (κ3) is 3.17. The average Bonchev–Trinajstić information content (AvgIpc) is 2.54. The van der Waals surface area contributed by atoms with Crippen molar-refractivity contribution < 1.29 is 30.2 Å². The Balaban J connectivity index is 2.14. The third-order valence-corrected chi connectivity index (χ3v) is 4.60. The number of fused-ring (bicyclic) bond motifs is 1. The maximum absolute atomic E-state index is 12.7. The van der Waals surface area contributed by atoms with Crippen molar-refractivity contribution in [3.63, 3.8) is 0 Å². The highest BCUT2D eigenvalue weighted by molar-refractivity contribution is 7.88. The first-order valence-corrected chi connectivity index (χ1v) is 8.63. The predicted octanol–water partition coefficient (Wildman–Crippen LogP) is 4.00. The van der Waals surface area contributed by atoms with E-state index in [2.05, 4.69) is 4.18 Å². The zero-order valence-corrected chi connectivity index (χ0v) is 14.0. The second kappa shape index (κ2) is 6.17. The molecule has 0 atom stereocenters. The summed E-state index contributed by atoms with van der Waals surface area (Å²) >= 11 is 0. The molecule has 0 amide bonds. The van der Waals surface area contributed by atoms with Gasteiger partial charge in [0.1, 0.15) is 17.6 Å². The van der Waals surface area contributed by atoms with Crippen LogP contribution in [-0.4, -0.2) is 13.9 Å². The van der Waals surface area contributed by atoms with Crippen LogP contribution in [0.2, 0.25) is 0 Å². The Morgan fingerprint density at radius 3 is 2.35 bits per heavy atom. The van der Waals surface area contributed by atoms with Gasteiger partial charge >= 0.3 is 15.6 Å². The smallest absolute Gasteiger partial charge is 0.463 e. The molecule has 0 bridgehead atoms. The minimum atomic E-state index is -5.82. The number of halogens is 3. The van der Waals surface area contributed by atoms with Crippen molar-refractivity contribution in [1.82, 2.24) is 0 Å². The van der Waals surface area contributed by atoms with Crippen LogP contribution < -0.4 is 9.61 Å². The number of hydrogen-bond donors (Lipinski definition) is 0. The van der Waals surface area contributed by atoms with Crippen LogP contribution in [-0.2, 0) is 10.1 Å². The van der Waals surface area contributed by atoms with Gasteiger partial charge < -0.3 is 8.60 Å². The number of rotatable bonds is 3. The molecule has 0 saturated heterocycles. The van der Waals surface area contributed by atoms with E-state index in [0.717, 1.165) is 12.1 Å². The topological polar surface area (TPSA) is 73.6 Å². The molecule has 1 aromatic heterocycles. The summed E-state index contributed by atoms with van der Waals surface area (Å²) in [6.45, 7) is 1.45. The minimum absolute atomic E-state index is 0.0814. The van der Waals surface area contributed by atoms with Gasteiger partial charge in [0.2, 0.25) is 5.43 Å². The van der Waals surface area contributed by atoms with Crippen molar-refractivity contribution in [3.8, 4) is 16.9 Å². The van der Waals surface area contributed by atoms with E-state index in [0.29, 0.717) is 5.56 Å². The molecule has 0 fully saturated rings. The molecule has 0 unspecified atom stereocenters. The standard InChI is InChI=1S/C17H11F3O5S/c1-10-7-12(25-26(22,23)17(18,19)20)8-14-15(10)16(21)13(9-24-14)11-5-3-2-4-6-11/h2-9H,1H3. The van der Waals surface area contributed by atoms with Crippen LogP contribution in [0, 0.1) is 6.92 Å². The van der Waals surface area contributed by atoms with E-state index in [9.17, 15) is 26.4 Å². The highest BCUT2D eigenvalue weighted by Gasteiger charge is 2.48. The molecule has 0 spiro atoms. The minimum Gasteiger partial charge on any atom is -0.463 e. The van der Waals surface area contributed by atoms with Gasteiger partial charge in [0, 0.05) is 6.07 Å². The predicted molar refractivity (Wildman–Crippen MR) is 88.3 cm³/mol. The van der Waals surface area contributed by atoms with Crippen molar-refractivity contribution in [1.29, 1.82) is 0 Å². The van der Waals surface area contributed by atoms with E-state index >= 15 is 0 Å². The molecular weight excluding hydrogens is 373 g/mol. The van der Waals surface area contributed by atoms with E-state index in [1.807, 2.05) is 0 Å². The van der Waals surface area contributed by atoms with Crippen LogP contribution in [0.3, 0.4) is 0 Å². The van der Waals surface area contributed by atoms with Gasteiger partial charge in [-0.25, -0.2) is 0 Å². The molecule has 2 aromatic carbocycles. The monoisotopic (exact) mass is 384 g/mol. The molecule has 0 N–H and O–H groups in total. The molecule has 0 aliphatic carbocycles. The Morgan fingerprint density at radius 1 is 1.08 bits per heavy atom. The number of benzene rings is 2. The molecule has 0 aliphatic heterocycles. The molecular formula is C17H11F3O5S. The molecule has 26 heavy (non-hydrogen) atoms. The zero-order valence-electron chi connectivity index (χ0n) is 13.2. The fraction of sp³-hybridized carbons (Fsp3) is 0.118. The summed E-state index contributed by atoms with van der Waals surface area (Å²) in [5.41, 5.74) is -4.92. The summed E-state index contributed by atoms with van der Waals surface area (Å²) in [6.07, 6.45) is 1.17. The van der Waals surface area contributed by atoms with Crippen LogP contribution in [0.25, 0.3) is 22.1 Å². The summed E-state index contributed by atoms with van der Waals surface area (Å²) in [4.78, 5) is 12.7. The lowest BCUT2D eigenvalue weighted by atomic mass is 10.0. The second-order valence-electron chi connectivity index (χ2n) is 5.44. The van der Waals surface area contributed by atoms with Crippen molar-refractivity contribution in [2.24, 2.45) is 0 Å². The fourth-order valence-corrected chi connectivity index (χ4v) is 2.90. The van der Waals surface area contributed by atoms with E-state index < -0.39 is 21.4 Å². The highest BCUT2D eigenvalue weighted by Crippen LogP contribution is 2.30. The summed E-state index contributed by atoms with van der Waals surface area (Å²) in [6, 6.07) is 10.7. The Labute approximate surface area is 145 Å². The quantitative estimate of drug-likeness (QED) is 0.504. The van der Waals surface area contributed by atoms with Gasteiger partial charge in [0.05, 0.1) is 10.9 Å². The van der Waals surface area contributed by atoms with Gasteiger partial charge in [-0.05, 0) is 24.1 Å². The number of alkyl halides is 3. The van der Waals surface area contributed by atoms with Crippen molar-refractivity contribution in [2.45, 2.75) is 12.4 Å². The van der Waals surface area contributed by atoms with Crippen molar-refractivity contribution in [3.05, 3.63) is 64.5 Å². The maximum Gasteiger partial charge on any atom is 0.534 e. The molecule has 5 nitrogen and oxygen atoms in total. The van der Waals surface area contributed by atoms with Crippen LogP contribution >= 0.6 is 0 Å². The molecule has 136 valence electrons. The lowest BCUT2D eigenvalue weighted by molar-refractivity contribution is -0.0500. The average molecular weight is 384 g/mol. The molecule has 0 radical (unpaired) electrons. The van der Waals surface area contributed by atoms with Gasteiger partial charge in [-0.3, -0.25) is 4.79 Å². The van der Waals surface area contributed by atoms with E-state index in [4.69, 9.17) is 4.42 Å². The zero-order chi connectivity index (χ0) is 19.1. The SMILES string of the molecule is Cc1cc(OS(=O)(=O)C(F)(F)F)cc2occ(-c3ccccc3)c(=O)c12. The van der Waals surface area contributed by atoms with E-state index in [-0.39, 0.29) is 27.5 Å². The molecule has 1 heterocycles. The Morgan fingerprint density at radius 2 is 1.73 bits per heavy atom. The van der Waals surface area contributed by atoms with Gasteiger partial charge in [0.25, 0.3) is 0 Å². The summed E-state index contributed by atoms with van der Waals surface area (Å²) < 4.78 is 69.1. The molecule has 3 aromatic rings. The Bertz CT molecular complexity index is 1130. The van der Waals surface area contributed by atoms with Gasteiger partial charge in [-0.15, -0.1) is 0 Å². The first kappa shape index (κ1) is 18.0. The second-order valence-corrected chi connectivity index (χ2v) is 6.98. The lowest BCUT2D eigenvalue weighted by Gasteiger charge is -2.11. The Hall–Kier alpha value is -2.81. The maximum atomic E-state index is 12.7. The van der Waals surface area contributed by atoms with Crippen LogP contribution in [0.1, 0.15) is 5.56 Å². The first-order chi connectivity index (χ1) is 12.1. The summed E-state index contributed by atoms with van der Waals surface area (Å²) in [5, 5.41) is 0.128. The first-order valence-electron chi connectivity index (χ1n) is 7.22. The molecule has 9 heteroatoms. The largest absolute Gasteiger partial charge is 0.534 e. The van der Waals surface area contributed by atoms with Crippen LogP contribution in [0.4, 0.5) is 13.2 Å². The van der Waals surface area contributed by atoms with E-state index in [1.54, 1.807) is 30.3 Å². The van der Waals surface area contributed by atoms with Crippen LogP contribution in [0.15, 0.2) is 57.9 Å². The number of hydrogen-bond acceptors (Lipinski definition) is 5. The molecule has 3 rings (SSSR count).